The Morgan fingerprint density at radius 2 is 0.527 bits per heavy atom. The predicted octanol–water partition coefficient (Wildman–Crippen LogP) is 21.5. The summed E-state index contributed by atoms with van der Waals surface area (Å²) in [5, 5.41) is 0. The zero-order valence-electron chi connectivity index (χ0n) is 48.8. The molecular formula is C68H118O6. The zero-order chi connectivity index (χ0) is 53.6. The highest BCUT2D eigenvalue weighted by molar-refractivity contribution is 5.71. The normalized spacial score (nSPS) is 12.6. The summed E-state index contributed by atoms with van der Waals surface area (Å²) >= 11 is 0. The van der Waals surface area contributed by atoms with Gasteiger partial charge in [0.1, 0.15) is 13.2 Å². The average Bonchev–Trinajstić information content (AvgIpc) is 3.40. The molecule has 0 aliphatic carbocycles. The van der Waals surface area contributed by atoms with Gasteiger partial charge in [-0.15, -0.1) is 0 Å². The van der Waals surface area contributed by atoms with Crippen molar-refractivity contribution in [1.29, 1.82) is 0 Å². The number of carbonyl (C=O) groups excluding carboxylic acids is 3. The highest BCUT2D eigenvalue weighted by atomic mass is 16.6. The lowest BCUT2D eigenvalue weighted by Gasteiger charge is -2.18. The summed E-state index contributed by atoms with van der Waals surface area (Å²) in [6, 6.07) is 0. The fraction of sp³-hybridized carbons (Fsp3) is 0.750. The number of carbonyl (C=O) groups is 3. The van der Waals surface area contributed by atoms with Crippen LogP contribution >= 0.6 is 0 Å². The summed E-state index contributed by atoms with van der Waals surface area (Å²) in [4.78, 5) is 38.2. The number of hydrogen-bond acceptors (Lipinski definition) is 6. The third kappa shape index (κ3) is 59.5. The van der Waals surface area contributed by atoms with Gasteiger partial charge in [0.05, 0.1) is 0 Å². The molecule has 426 valence electrons. The van der Waals surface area contributed by atoms with Crippen LogP contribution in [-0.2, 0) is 28.6 Å². The largest absolute Gasteiger partial charge is 0.462 e. The standard InChI is InChI=1S/C68H118O6/c1-4-7-10-13-16-19-21-23-25-27-29-31-32-33-34-35-36-37-39-40-42-44-46-49-52-55-58-61-67(70)73-64-65(63-72-66(69)60-57-54-51-48-18-15-12-9-6-3)74-68(71)62-59-56-53-50-47-45-43-41-38-30-28-26-24-22-20-17-14-11-8-5-2/h7,10,16,19,23,25,29,31,33-34,36-37,40,42,65H,4-6,8-9,11-15,17-18,20-22,24,26-28,30,32,35,38-39,41,43-64H2,1-3H3/b10-7-,19-16-,25-23-,31-29-,34-33-,37-36-,42-40-. The molecule has 0 aromatic heterocycles. The highest BCUT2D eigenvalue weighted by Gasteiger charge is 2.19. The molecule has 0 aliphatic rings. The number of rotatable bonds is 57. The van der Waals surface area contributed by atoms with Crippen LogP contribution in [0.2, 0.25) is 0 Å². The first-order valence-electron chi connectivity index (χ1n) is 31.6. The fourth-order valence-corrected chi connectivity index (χ4v) is 8.95. The van der Waals surface area contributed by atoms with E-state index in [-0.39, 0.29) is 31.1 Å². The molecule has 1 unspecified atom stereocenters. The molecule has 0 saturated carbocycles. The number of unbranched alkanes of at least 4 members (excludes halogenated alkanes) is 32. The van der Waals surface area contributed by atoms with Gasteiger partial charge in [0.25, 0.3) is 0 Å². The van der Waals surface area contributed by atoms with Crippen molar-refractivity contribution in [2.75, 3.05) is 13.2 Å². The van der Waals surface area contributed by atoms with Crippen LogP contribution in [0, 0.1) is 0 Å². The van der Waals surface area contributed by atoms with Gasteiger partial charge in [-0.1, -0.05) is 298 Å². The van der Waals surface area contributed by atoms with Gasteiger partial charge >= 0.3 is 17.9 Å². The minimum absolute atomic E-state index is 0.0790. The summed E-state index contributed by atoms with van der Waals surface area (Å²) < 4.78 is 16.9. The van der Waals surface area contributed by atoms with Crippen molar-refractivity contribution in [3.05, 3.63) is 85.1 Å². The molecule has 0 amide bonds. The molecule has 0 fully saturated rings. The monoisotopic (exact) mass is 1030 g/mol. The Labute approximate surface area is 458 Å². The zero-order valence-corrected chi connectivity index (χ0v) is 48.8. The Bertz CT molecular complexity index is 1420. The van der Waals surface area contributed by atoms with Gasteiger partial charge in [-0.2, -0.15) is 0 Å². The lowest BCUT2D eigenvalue weighted by molar-refractivity contribution is -0.167. The van der Waals surface area contributed by atoms with Crippen LogP contribution in [-0.4, -0.2) is 37.2 Å². The molecule has 0 bridgehead atoms. The van der Waals surface area contributed by atoms with Crippen LogP contribution in [0.5, 0.6) is 0 Å². The maximum Gasteiger partial charge on any atom is 0.306 e. The van der Waals surface area contributed by atoms with Crippen molar-refractivity contribution in [2.45, 2.75) is 316 Å². The Balaban J connectivity index is 4.26. The quantitative estimate of drug-likeness (QED) is 0.0261. The van der Waals surface area contributed by atoms with E-state index in [4.69, 9.17) is 14.2 Å². The summed E-state index contributed by atoms with van der Waals surface area (Å²) in [5.41, 5.74) is 0. The molecule has 0 rings (SSSR count). The summed E-state index contributed by atoms with van der Waals surface area (Å²) in [6.45, 7) is 6.52. The number of esters is 3. The molecular weight excluding hydrogens is 913 g/mol. The van der Waals surface area contributed by atoms with Crippen LogP contribution in [0.1, 0.15) is 310 Å². The summed E-state index contributed by atoms with van der Waals surface area (Å²) in [5.74, 6) is -0.889. The SMILES string of the molecule is CC/C=C\C/C=C\C/C=C\C/C=C\C/C=C\C/C=C\C/C=C\CCCCCCCC(=O)OCC(COC(=O)CCCCCCCCCCC)OC(=O)CCCCCCCCCCCCCCCCCCCCCC. The van der Waals surface area contributed by atoms with E-state index >= 15 is 0 Å². The maximum atomic E-state index is 12.9. The molecule has 0 heterocycles. The Kier molecular flexibility index (Phi) is 59.3. The predicted molar refractivity (Wildman–Crippen MR) is 321 cm³/mol. The topological polar surface area (TPSA) is 78.9 Å². The lowest BCUT2D eigenvalue weighted by atomic mass is 10.0. The Morgan fingerprint density at radius 1 is 0.284 bits per heavy atom. The van der Waals surface area contributed by atoms with Gasteiger partial charge in [0.2, 0.25) is 0 Å². The average molecular weight is 1030 g/mol. The molecule has 0 aromatic rings. The molecule has 74 heavy (non-hydrogen) atoms. The second-order valence-corrected chi connectivity index (χ2v) is 21.0. The maximum absolute atomic E-state index is 12.9. The van der Waals surface area contributed by atoms with Crippen LogP contribution in [0.15, 0.2) is 85.1 Å². The lowest BCUT2D eigenvalue weighted by Crippen LogP contribution is -2.30. The van der Waals surface area contributed by atoms with Crippen molar-refractivity contribution < 1.29 is 28.6 Å². The Hall–Kier alpha value is -3.41. The molecule has 0 saturated heterocycles. The molecule has 0 radical (unpaired) electrons. The summed E-state index contributed by atoms with van der Waals surface area (Å²) in [7, 11) is 0. The van der Waals surface area contributed by atoms with E-state index in [1.54, 1.807) is 0 Å². The molecule has 6 heteroatoms. The second-order valence-electron chi connectivity index (χ2n) is 21.0. The minimum atomic E-state index is -0.781. The van der Waals surface area contributed by atoms with Crippen molar-refractivity contribution in [1.82, 2.24) is 0 Å². The smallest absolute Gasteiger partial charge is 0.306 e. The van der Waals surface area contributed by atoms with E-state index in [1.165, 1.54) is 148 Å². The van der Waals surface area contributed by atoms with Crippen LogP contribution in [0.4, 0.5) is 0 Å². The van der Waals surface area contributed by atoms with E-state index in [0.29, 0.717) is 19.3 Å². The van der Waals surface area contributed by atoms with E-state index < -0.39 is 6.10 Å². The molecule has 0 aliphatic heterocycles. The molecule has 0 N–H and O–H groups in total. The van der Waals surface area contributed by atoms with Gasteiger partial charge < -0.3 is 14.2 Å². The third-order valence-corrected chi connectivity index (χ3v) is 13.7. The molecule has 0 aromatic carbocycles. The first kappa shape index (κ1) is 70.6. The first-order chi connectivity index (χ1) is 36.5. The van der Waals surface area contributed by atoms with Gasteiger partial charge in [-0.05, 0) is 77.0 Å². The van der Waals surface area contributed by atoms with Crippen molar-refractivity contribution in [3.63, 3.8) is 0 Å². The van der Waals surface area contributed by atoms with Gasteiger partial charge in [-0.25, -0.2) is 0 Å². The third-order valence-electron chi connectivity index (χ3n) is 13.7. The number of hydrogen-bond donors (Lipinski definition) is 0. The highest BCUT2D eigenvalue weighted by Crippen LogP contribution is 2.17. The molecule has 0 spiro atoms. The van der Waals surface area contributed by atoms with Crippen LogP contribution in [0.3, 0.4) is 0 Å². The number of ether oxygens (including phenoxy) is 3. The van der Waals surface area contributed by atoms with Crippen LogP contribution < -0.4 is 0 Å². The number of allylic oxidation sites excluding steroid dienone is 14. The minimum Gasteiger partial charge on any atom is -0.462 e. The van der Waals surface area contributed by atoms with E-state index in [2.05, 4.69) is 106 Å². The van der Waals surface area contributed by atoms with Crippen LogP contribution in [0.25, 0.3) is 0 Å². The molecule has 6 nitrogen and oxygen atoms in total. The van der Waals surface area contributed by atoms with E-state index in [9.17, 15) is 14.4 Å². The van der Waals surface area contributed by atoms with Crippen molar-refractivity contribution in [2.24, 2.45) is 0 Å². The van der Waals surface area contributed by atoms with Gasteiger partial charge in [-0.3, -0.25) is 14.4 Å². The summed E-state index contributed by atoms with van der Waals surface area (Å²) in [6.07, 6.45) is 81.7. The van der Waals surface area contributed by atoms with Crippen molar-refractivity contribution in [3.8, 4) is 0 Å². The fourth-order valence-electron chi connectivity index (χ4n) is 8.95. The second kappa shape index (κ2) is 62.1. The van der Waals surface area contributed by atoms with Crippen molar-refractivity contribution >= 4 is 17.9 Å². The van der Waals surface area contributed by atoms with Gasteiger partial charge in [0, 0.05) is 19.3 Å². The first-order valence-corrected chi connectivity index (χ1v) is 31.6. The Morgan fingerprint density at radius 3 is 0.824 bits per heavy atom. The van der Waals surface area contributed by atoms with E-state index in [0.717, 1.165) is 122 Å². The van der Waals surface area contributed by atoms with Gasteiger partial charge in [0.15, 0.2) is 6.10 Å². The van der Waals surface area contributed by atoms with E-state index in [1.807, 2.05) is 0 Å². The molecule has 1 atom stereocenters.